The van der Waals surface area contributed by atoms with Gasteiger partial charge in [-0.3, -0.25) is 18.6 Å². The van der Waals surface area contributed by atoms with E-state index in [2.05, 4.69) is 39.8 Å². The quantitative estimate of drug-likeness (QED) is 0.0197. The molecule has 0 fully saturated rings. The molecular formula is C43H74NO10P. The van der Waals surface area contributed by atoms with E-state index < -0.39 is 38.6 Å². The molecule has 1 aromatic heterocycles. The Morgan fingerprint density at radius 3 is 2.13 bits per heavy atom. The van der Waals surface area contributed by atoms with Crippen molar-refractivity contribution in [1.29, 1.82) is 0 Å². The van der Waals surface area contributed by atoms with Crippen LogP contribution < -0.4 is 5.73 Å². The van der Waals surface area contributed by atoms with Crippen LogP contribution in [0.25, 0.3) is 0 Å². The monoisotopic (exact) mass is 796 g/mol. The normalized spacial score (nSPS) is 14.2. The zero-order valence-electron chi connectivity index (χ0n) is 34.5. The van der Waals surface area contributed by atoms with Crippen LogP contribution in [0.2, 0.25) is 0 Å². The van der Waals surface area contributed by atoms with Gasteiger partial charge < -0.3 is 29.6 Å². The van der Waals surface area contributed by atoms with Crippen molar-refractivity contribution >= 4 is 19.8 Å². The van der Waals surface area contributed by atoms with Crippen molar-refractivity contribution in [2.75, 3.05) is 26.4 Å². The number of aliphatic hydroxyl groups excluding tert-OH is 1. The number of allylic oxidation sites excluding steroid dienone is 5. The first-order valence-corrected chi connectivity index (χ1v) is 22.4. The van der Waals surface area contributed by atoms with Crippen molar-refractivity contribution in [3.63, 3.8) is 0 Å². The van der Waals surface area contributed by atoms with Crippen molar-refractivity contribution in [3.05, 3.63) is 59.1 Å². The molecule has 0 aliphatic carbocycles. The summed E-state index contributed by atoms with van der Waals surface area (Å²) in [5.74, 6) is 1.15. The first-order chi connectivity index (χ1) is 26.5. The number of esters is 2. The number of aryl methyl sites for hydroxylation is 2. The fraction of sp³-hybridized carbons (Fsp3) is 0.721. The highest BCUT2D eigenvalue weighted by atomic mass is 31.2. The largest absolute Gasteiger partial charge is 0.472 e. The van der Waals surface area contributed by atoms with Gasteiger partial charge in [0.25, 0.3) is 0 Å². The number of phosphoric ester groups is 1. The van der Waals surface area contributed by atoms with Gasteiger partial charge in [-0.15, -0.1) is 0 Å². The smallest absolute Gasteiger partial charge is 0.466 e. The van der Waals surface area contributed by atoms with Crippen molar-refractivity contribution in [2.24, 2.45) is 5.73 Å². The maximum atomic E-state index is 12.6. The van der Waals surface area contributed by atoms with Crippen LogP contribution in [0, 0.1) is 13.8 Å². The maximum absolute atomic E-state index is 12.6. The van der Waals surface area contributed by atoms with Gasteiger partial charge in [0.1, 0.15) is 18.1 Å². The third-order valence-corrected chi connectivity index (χ3v) is 10.3. The zero-order valence-corrected chi connectivity index (χ0v) is 35.4. The average Bonchev–Trinajstić information content (AvgIpc) is 3.42. The Labute approximate surface area is 332 Å². The fourth-order valence-corrected chi connectivity index (χ4v) is 6.69. The zero-order chi connectivity index (χ0) is 40.6. The van der Waals surface area contributed by atoms with Gasteiger partial charge in [-0.2, -0.15) is 0 Å². The van der Waals surface area contributed by atoms with Gasteiger partial charge >= 0.3 is 19.8 Å². The van der Waals surface area contributed by atoms with Gasteiger partial charge in [-0.1, -0.05) is 108 Å². The summed E-state index contributed by atoms with van der Waals surface area (Å²) in [5, 5.41) is 10.3. The summed E-state index contributed by atoms with van der Waals surface area (Å²) in [6.07, 6.45) is 29.3. The van der Waals surface area contributed by atoms with Crippen molar-refractivity contribution < 1.29 is 47.1 Å². The topological polar surface area (TPSA) is 168 Å². The Balaban J connectivity index is 2.36. The van der Waals surface area contributed by atoms with E-state index in [0.717, 1.165) is 75.7 Å². The van der Waals surface area contributed by atoms with Crippen LogP contribution in [0.1, 0.15) is 158 Å². The van der Waals surface area contributed by atoms with E-state index in [1.165, 1.54) is 49.7 Å². The van der Waals surface area contributed by atoms with E-state index in [1.807, 2.05) is 12.2 Å². The van der Waals surface area contributed by atoms with E-state index in [9.17, 15) is 24.2 Å². The molecule has 12 heteroatoms. The van der Waals surface area contributed by atoms with Gasteiger partial charge in [0.05, 0.1) is 19.3 Å². The summed E-state index contributed by atoms with van der Waals surface area (Å²) in [6.45, 7) is 7.64. The van der Waals surface area contributed by atoms with Crippen LogP contribution in [-0.2, 0) is 45.5 Å². The van der Waals surface area contributed by atoms with Crippen LogP contribution >= 0.6 is 7.82 Å². The van der Waals surface area contributed by atoms with Crippen LogP contribution in [0.4, 0.5) is 0 Å². The number of carbonyl (C=O) groups excluding carboxylic acids is 2. The van der Waals surface area contributed by atoms with Gasteiger partial charge in [-0.25, -0.2) is 4.57 Å². The molecule has 2 unspecified atom stereocenters. The minimum atomic E-state index is -4.44. The third-order valence-electron chi connectivity index (χ3n) is 9.31. The Hall–Kier alpha value is -2.53. The summed E-state index contributed by atoms with van der Waals surface area (Å²) in [7, 11) is -4.44. The Kier molecular flexibility index (Phi) is 29.9. The Morgan fingerprint density at radius 2 is 1.42 bits per heavy atom. The van der Waals surface area contributed by atoms with Crippen LogP contribution in [0.15, 0.2) is 40.9 Å². The molecule has 0 bridgehead atoms. The van der Waals surface area contributed by atoms with Crippen LogP contribution in [0.3, 0.4) is 0 Å². The molecule has 1 aromatic rings. The van der Waals surface area contributed by atoms with E-state index >= 15 is 0 Å². The first-order valence-electron chi connectivity index (χ1n) is 20.9. The third kappa shape index (κ3) is 26.9. The Bertz CT molecular complexity index is 1290. The predicted molar refractivity (Wildman–Crippen MR) is 220 cm³/mol. The van der Waals surface area contributed by atoms with Gasteiger partial charge in [0.2, 0.25) is 0 Å². The van der Waals surface area contributed by atoms with Crippen LogP contribution in [-0.4, -0.2) is 60.5 Å². The minimum Gasteiger partial charge on any atom is -0.466 e. The molecule has 0 amide bonds. The highest BCUT2D eigenvalue weighted by Crippen LogP contribution is 2.43. The molecule has 0 spiro atoms. The summed E-state index contributed by atoms with van der Waals surface area (Å²) in [6, 6.07) is 0. The molecule has 316 valence electrons. The highest BCUT2D eigenvalue weighted by molar-refractivity contribution is 7.47. The van der Waals surface area contributed by atoms with Crippen LogP contribution in [0.5, 0.6) is 0 Å². The number of nitrogens with two attached hydrogens (primary N) is 1. The summed E-state index contributed by atoms with van der Waals surface area (Å²) >= 11 is 0. The van der Waals surface area contributed by atoms with E-state index in [0.29, 0.717) is 19.3 Å². The number of furan rings is 1. The fourth-order valence-electron chi connectivity index (χ4n) is 5.92. The van der Waals surface area contributed by atoms with Crippen molar-refractivity contribution in [3.8, 4) is 0 Å². The average molecular weight is 796 g/mol. The molecule has 11 nitrogen and oxygen atoms in total. The van der Waals surface area contributed by atoms with E-state index in [4.69, 9.17) is 28.7 Å². The molecule has 0 aromatic carbocycles. The lowest BCUT2D eigenvalue weighted by Gasteiger charge is -2.20. The van der Waals surface area contributed by atoms with Crippen molar-refractivity contribution in [1.82, 2.24) is 0 Å². The second kappa shape index (κ2) is 32.5. The number of aliphatic hydroxyl groups is 1. The number of carbonyl (C=O) groups is 2. The van der Waals surface area contributed by atoms with Gasteiger partial charge in [0, 0.05) is 32.2 Å². The first kappa shape index (κ1) is 50.5. The molecule has 4 N–H and O–H groups in total. The molecule has 1 heterocycles. The van der Waals surface area contributed by atoms with Crippen molar-refractivity contribution in [2.45, 2.75) is 175 Å². The summed E-state index contributed by atoms with van der Waals surface area (Å²) in [5.41, 5.74) is 7.89. The molecule has 0 saturated carbocycles. The molecular weight excluding hydrogens is 721 g/mol. The number of rotatable bonds is 35. The second-order valence-corrected chi connectivity index (χ2v) is 15.7. The van der Waals surface area contributed by atoms with E-state index in [1.54, 1.807) is 12.2 Å². The molecule has 0 saturated heterocycles. The van der Waals surface area contributed by atoms with Gasteiger partial charge in [-0.05, 0) is 76.3 Å². The van der Waals surface area contributed by atoms with Gasteiger partial charge in [0.15, 0.2) is 6.10 Å². The number of unbranched alkanes of at least 4 members (excludes halogenated alkanes) is 11. The molecule has 3 atom stereocenters. The lowest BCUT2D eigenvalue weighted by molar-refractivity contribution is -0.161. The minimum absolute atomic E-state index is 0.00427. The second-order valence-electron chi connectivity index (χ2n) is 14.3. The molecule has 0 aliphatic rings. The lowest BCUT2D eigenvalue weighted by atomic mass is 10.0. The standard InChI is InChI=1S/C43H74NO10P/c1-5-7-8-9-10-11-12-13-14-15-16-19-22-27-38(45)28-25-31-43(47)53-39(35-52-55(48,49)51-33-32-44)34-50-42(46)30-24-21-18-17-20-23-29-41-37(4)36(3)40(54-41)26-6-2/h13-14,16,19,22,27,38-39,45H,5-12,15,17-18,20-21,23-26,28-35,44H2,1-4H3,(H,48,49)/b14-13+,19-16+,27-22+/t38?,39-/m1/s1. The number of ether oxygens (including phenoxy) is 2. The molecule has 1 rings (SSSR count). The summed E-state index contributed by atoms with van der Waals surface area (Å²) in [4.78, 5) is 34.9. The molecule has 55 heavy (non-hydrogen) atoms. The molecule has 0 aliphatic heterocycles. The number of hydrogen-bond donors (Lipinski definition) is 3. The SMILES string of the molecule is CCCCCCCC/C=C/C/C=C/C=C/C(O)CCCC(=O)O[C@H](COC(=O)CCCCCCCCc1oc(CCC)c(C)c1C)COP(=O)(O)OCCN. The number of phosphoric acid groups is 1. The van der Waals surface area contributed by atoms with E-state index in [-0.39, 0.29) is 32.6 Å². The Morgan fingerprint density at radius 1 is 0.764 bits per heavy atom. The lowest BCUT2D eigenvalue weighted by Crippen LogP contribution is -2.29. The highest BCUT2D eigenvalue weighted by Gasteiger charge is 2.26. The maximum Gasteiger partial charge on any atom is 0.472 e. The summed E-state index contributed by atoms with van der Waals surface area (Å²) < 4.78 is 38.7. The molecule has 0 radical (unpaired) electrons. The number of hydrogen-bond acceptors (Lipinski definition) is 10. The predicted octanol–water partition coefficient (Wildman–Crippen LogP) is 10.0.